The molecule has 0 aliphatic heterocycles. The lowest BCUT2D eigenvalue weighted by molar-refractivity contribution is -0.126. The van der Waals surface area contributed by atoms with Crippen LogP contribution in [0.1, 0.15) is 33.6 Å². The molecule has 0 radical (unpaired) electrons. The highest BCUT2D eigenvalue weighted by molar-refractivity contribution is 6.03. The first-order chi connectivity index (χ1) is 10.4. The number of benzene rings is 1. The number of nitrogens with one attached hydrogen (secondary N) is 3. The van der Waals surface area contributed by atoms with Gasteiger partial charge in [-0.2, -0.15) is 0 Å². The average molecular weight is 305 g/mol. The third-order valence-corrected chi connectivity index (χ3v) is 2.83. The highest BCUT2D eigenvalue weighted by atomic mass is 16.2. The number of carbonyl (C=O) groups excluding carboxylic acids is 3. The van der Waals surface area contributed by atoms with Crippen LogP contribution in [0.4, 0.5) is 11.4 Å². The van der Waals surface area contributed by atoms with Crippen molar-refractivity contribution in [2.45, 2.75) is 33.6 Å². The van der Waals surface area contributed by atoms with Crippen LogP contribution in [0.2, 0.25) is 0 Å². The zero-order chi connectivity index (χ0) is 16.5. The van der Waals surface area contributed by atoms with Gasteiger partial charge in [-0.25, -0.2) is 0 Å². The quantitative estimate of drug-likeness (QED) is 0.674. The number of hydrogen-bond acceptors (Lipinski definition) is 3. The molecule has 1 aromatic rings. The average Bonchev–Trinajstić information content (AvgIpc) is 2.37. The molecule has 0 unspecified atom stereocenters. The molecule has 0 aliphatic carbocycles. The molecule has 0 bridgehead atoms. The van der Waals surface area contributed by atoms with Crippen molar-refractivity contribution in [3.8, 4) is 0 Å². The topological polar surface area (TPSA) is 87.3 Å². The summed E-state index contributed by atoms with van der Waals surface area (Å²) in [6.45, 7) is 6.12. The molecule has 120 valence electrons. The zero-order valence-electron chi connectivity index (χ0n) is 13.2. The molecule has 6 heteroatoms. The third kappa shape index (κ3) is 7.42. The van der Waals surface area contributed by atoms with Crippen molar-refractivity contribution in [2.24, 2.45) is 5.92 Å². The van der Waals surface area contributed by atoms with Crippen molar-refractivity contribution in [1.29, 1.82) is 0 Å². The molecule has 3 amide bonds. The van der Waals surface area contributed by atoms with Gasteiger partial charge in [-0.1, -0.05) is 19.9 Å². The fourth-order valence-electron chi connectivity index (χ4n) is 1.79. The van der Waals surface area contributed by atoms with Crippen LogP contribution in [0.3, 0.4) is 0 Å². The Hall–Kier alpha value is -2.37. The van der Waals surface area contributed by atoms with Gasteiger partial charge in [0.25, 0.3) is 0 Å². The number of rotatable bonds is 7. The van der Waals surface area contributed by atoms with Crippen LogP contribution in [-0.4, -0.2) is 24.3 Å². The summed E-state index contributed by atoms with van der Waals surface area (Å²) in [6, 6.07) is 6.76. The molecule has 0 spiro atoms. The summed E-state index contributed by atoms with van der Waals surface area (Å²) in [7, 11) is 0. The second-order valence-corrected chi connectivity index (χ2v) is 5.52. The lowest BCUT2D eigenvalue weighted by Crippen LogP contribution is -2.29. The molecule has 0 saturated heterocycles. The van der Waals surface area contributed by atoms with Crippen LogP contribution in [0.25, 0.3) is 0 Å². The van der Waals surface area contributed by atoms with E-state index in [0.29, 0.717) is 23.8 Å². The van der Waals surface area contributed by atoms with Crippen molar-refractivity contribution in [3.05, 3.63) is 24.3 Å². The molecular formula is C16H23N3O3. The maximum atomic E-state index is 11.8. The minimum Gasteiger partial charge on any atom is -0.356 e. The first-order valence-corrected chi connectivity index (χ1v) is 7.31. The van der Waals surface area contributed by atoms with Gasteiger partial charge < -0.3 is 16.0 Å². The van der Waals surface area contributed by atoms with Gasteiger partial charge in [-0.15, -0.1) is 0 Å². The first kappa shape index (κ1) is 17.7. The molecule has 3 N–H and O–H groups in total. The predicted molar refractivity (Wildman–Crippen MR) is 86.5 cm³/mol. The van der Waals surface area contributed by atoms with E-state index in [2.05, 4.69) is 29.8 Å². The van der Waals surface area contributed by atoms with Crippen LogP contribution >= 0.6 is 0 Å². The molecule has 22 heavy (non-hydrogen) atoms. The minimum atomic E-state index is -0.387. The Kier molecular flexibility index (Phi) is 7.08. The van der Waals surface area contributed by atoms with Crippen molar-refractivity contribution in [2.75, 3.05) is 17.2 Å². The van der Waals surface area contributed by atoms with Crippen molar-refractivity contribution >= 4 is 29.1 Å². The first-order valence-electron chi connectivity index (χ1n) is 7.31. The van der Waals surface area contributed by atoms with Gasteiger partial charge in [0.2, 0.25) is 17.7 Å². The Balaban J connectivity index is 2.44. The van der Waals surface area contributed by atoms with Crippen molar-refractivity contribution in [1.82, 2.24) is 5.32 Å². The van der Waals surface area contributed by atoms with E-state index in [4.69, 9.17) is 0 Å². The van der Waals surface area contributed by atoms with Crippen molar-refractivity contribution < 1.29 is 14.4 Å². The van der Waals surface area contributed by atoms with E-state index in [9.17, 15) is 14.4 Å². The zero-order valence-corrected chi connectivity index (χ0v) is 13.2. The van der Waals surface area contributed by atoms with E-state index in [1.165, 1.54) is 6.92 Å². The molecule has 0 aliphatic rings. The Morgan fingerprint density at radius 2 is 1.68 bits per heavy atom. The van der Waals surface area contributed by atoms with Crippen LogP contribution in [0, 0.1) is 5.92 Å². The number of carbonyl (C=O) groups is 3. The number of amides is 3. The molecular weight excluding hydrogens is 282 g/mol. The lowest BCUT2D eigenvalue weighted by Gasteiger charge is -2.09. The van der Waals surface area contributed by atoms with Gasteiger partial charge in [0, 0.05) is 24.8 Å². The highest BCUT2D eigenvalue weighted by Gasteiger charge is 2.10. The summed E-state index contributed by atoms with van der Waals surface area (Å²) < 4.78 is 0. The van der Waals surface area contributed by atoms with Gasteiger partial charge in [-0.3, -0.25) is 14.4 Å². The summed E-state index contributed by atoms with van der Waals surface area (Å²) in [5, 5.41) is 7.97. The maximum absolute atomic E-state index is 11.8. The molecule has 6 nitrogen and oxygen atoms in total. The number of anilines is 2. The molecule has 0 heterocycles. The SMILES string of the molecule is CC(=O)Nc1cccc(NC(=O)CC(=O)NCCC(C)C)c1. The van der Waals surface area contributed by atoms with E-state index >= 15 is 0 Å². The second-order valence-electron chi connectivity index (χ2n) is 5.52. The molecule has 1 aromatic carbocycles. The third-order valence-electron chi connectivity index (χ3n) is 2.83. The van der Waals surface area contributed by atoms with Gasteiger partial charge in [0.05, 0.1) is 0 Å². The van der Waals surface area contributed by atoms with E-state index in [-0.39, 0.29) is 24.1 Å². The van der Waals surface area contributed by atoms with E-state index in [1.54, 1.807) is 24.3 Å². The summed E-state index contributed by atoms with van der Waals surface area (Å²) in [5.41, 5.74) is 1.12. The Morgan fingerprint density at radius 3 is 2.27 bits per heavy atom. The normalized spacial score (nSPS) is 10.2. The van der Waals surface area contributed by atoms with Gasteiger partial charge in [-0.05, 0) is 30.5 Å². The standard InChI is InChI=1S/C16H23N3O3/c1-11(2)7-8-17-15(21)10-16(22)19-14-6-4-5-13(9-14)18-12(3)20/h4-6,9,11H,7-8,10H2,1-3H3,(H,17,21)(H,18,20)(H,19,22). The number of hydrogen-bond donors (Lipinski definition) is 3. The second kappa shape index (κ2) is 8.81. The monoisotopic (exact) mass is 305 g/mol. The molecule has 0 saturated carbocycles. The summed E-state index contributed by atoms with van der Waals surface area (Å²) in [6.07, 6.45) is 0.661. The van der Waals surface area contributed by atoms with E-state index < -0.39 is 0 Å². The largest absolute Gasteiger partial charge is 0.356 e. The van der Waals surface area contributed by atoms with Crippen LogP contribution in [0.15, 0.2) is 24.3 Å². The van der Waals surface area contributed by atoms with Gasteiger partial charge in [0.15, 0.2) is 0 Å². The molecule has 0 atom stereocenters. The van der Waals surface area contributed by atoms with Crippen molar-refractivity contribution in [3.63, 3.8) is 0 Å². The molecule has 1 rings (SSSR count). The van der Waals surface area contributed by atoms with E-state index in [1.807, 2.05) is 0 Å². The summed E-state index contributed by atoms with van der Waals surface area (Å²) in [4.78, 5) is 34.4. The Morgan fingerprint density at radius 1 is 1.05 bits per heavy atom. The lowest BCUT2D eigenvalue weighted by atomic mass is 10.1. The Labute approximate surface area is 130 Å². The molecule has 0 aromatic heterocycles. The minimum absolute atomic E-state index is 0.187. The summed E-state index contributed by atoms with van der Waals surface area (Å²) >= 11 is 0. The smallest absolute Gasteiger partial charge is 0.233 e. The Bertz CT molecular complexity index is 541. The van der Waals surface area contributed by atoms with Crippen LogP contribution < -0.4 is 16.0 Å². The summed E-state index contributed by atoms with van der Waals surface area (Å²) in [5.74, 6) is -0.364. The van der Waals surface area contributed by atoms with Crippen LogP contribution in [0.5, 0.6) is 0 Å². The fourth-order valence-corrected chi connectivity index (χ4v) is 1.79. The van der Waals surface area contributed by atoms with Gasteiger partial charge in [0.1, 0.15) is 6.42 Å². The maximum Gasteiger partial charge on any atom is 0.233 e. The molecule has 0 fully saturated rings. The van der Waals surface area contributed by atoms with Crippen LogP contribution in [-0.2, 0) is 14.4 Å². The van der Waals surface area contributed by atoms with E-state index in [0.717, 1.165) is 6.42 Å². The van der Waals surface area contributed by atoms with Gasteiger partial charge >= 0.3 is 0 Å². The highest BCUT2D eigenvalue weighted by Crippen LogP contribution is 2.15. The fraction of sp³-hybridized carbons (Fsp3) is 0.438. The predicted octanol–water partition coefficient (Wildman–Crippen LogP) is 2.14.